The van der Waals surface area contributed by atoms with Gasteiger partial charge in [-0.05, 0) is 69.3 Å². The lowest BCUT2D eigenvalue weighted by Crippen LogP contribution is -2.42. The molecule has 1 saturated heterocycles. The summed E-state index contributed by atoms with van der Waals surface area (Å²) in [7, 11) is 0. The molecule has 0 aliphatic carbocycles. The minimum absolute atomic E-state index is 0.557. The number of nitrogens with one attached hydrogen (secondary N) is 1. The van der Waals surface area contributed by atoms with Crippen LogP contribution in [0.4, 0.5) is 5.69 Å². The lowest BCUT2D eigenvalue weighted by Gasteiger charge is -2.36. The molecule has 2 heteroatoms. The van der Waals surface area contributed by atoms with Gasteiger partial charge in [0.15, 0.2) is 0 Å². The molecule has 1 heterocycles. The minimum Gasteiger partial charge on any atom is -0.382 e. The van der Waals surface area contributed by atoms with Crippen molar-refractivity contribution < 1.29 is 0 Å². The number of hydrogen-bond donors (Lipinski definition) is 1. The highest BCUT2D eigenvalue weighted by atomic mass is 15.1. The number of rotatable bonds is 7. The summed E-state index contributed by atoms with van der Waals surface area (Å²) >= 11 is 0. The molecule has 21 heavy (non-hydrogen) atoms. The Hall–Kier alpha value is -1.02. The molecule has 0 saturated carbocycles. The van der Waals surface area contributed by atoms with Crippen LogP contribution in [0.3, 0.4) is 0 Å². The van der Waals surface area contributed by atoms with Crippen molar-refractivity contribution in [2.24, 2.45) is 5.92 Å². The molecular formula is C19H32N2. The summed E-state index contributed by atoms with van der Waals surface area (Å²) in [5.41, 5.74) is 2.72. The Bertz CT molecular complexity index is 397. The number of aryl methyl sites for hydroxylation is 1. The van der Waals surface area contributed by atoms with Gasteiger partial charge in [-0.15, -0.1) is 0 Å². The second-order valence-corrected chi connectivity index (χ2v) is 6.58. The molecule has 0 bridgehead atoms. The number of hydrogen-bond acceptors (Lipinski definition) is 2. The number of benzene rings is 1. The van der Waals surface area contributed by atoms with Crippen LogP contribution in [-0.2, 0) is 6.42 Å². The molecule has 0 amide bonds. The predicted molar refractivity (Wildman–Crippen MR) is 93.0 cm³/mol. The zero-order chi connectivity index (χ0) is 15.1. The van der Waals surface area contributed by atoms with E-state index in [0.717, 1.165) is 5.92 Å². The maximum atomic E-state index is 3.72. The average molecular weight is 288 g/mol. The second-order valence-electron chi connectivity index (χ2n) is 6.58. The molecule has 1 aromatic rings. The third-order valence-electron chi connectivity index (χ3n) is 4.68. The van der Waals surface area contributed by atoms with Gasteiger partial charge in [0, 0.05) is 18.3 Å². The van der Waals surface area contributed by atoms with Crippen LogP contribution in [0, 0.1) is 5.92 Å². The fourth-order valence-corrected chi connectivity index (χ4v) is 3.46. The van der Waals surface area contributed by atoms with Gasteiger partial charge in [0.1, 0.15) is 0 Å². The van der Waals surface area contributed by atoms with Crippen molar-refractivity contribution in [2.75, 3.05) is 25.0 Å². The Labute approximate surface area is 130 Å². The summed E-state index contributed by atoms with van der Waals surface area (Å²) in [6, 6.07) is 9.58. The Morgan fingerprint density at radius 1 is 1.19 bits per heavy atom. The largest absolute Gasteiger partial charge is 0.382 e. The molecule has 2 rings (SSSR count). The van der Waals surface area contributed by atoms with Gasteiger partial charge in [-0.3, -0.25) is 0 Å². The molecule has 1 aromatic carbocycles. The number of nitrogens with zero attached hydrogens (tertiary/aromatic N) is 1. The standard InChI is InChI=1S/C19H32N2/c1-4-7-17-9-11-19(12-10-17)20-16(3)18-8-6-14-21(15-18)13-5-2/h9-12,16,18,20H,4-8,13-15H2,1-3H3. The highest BCUT2D eigenvalue weighted by molar-refractivity contribution is 5.45. The first-order valence-electron chi connectivity index (χ1n) is 8.80. The number of anilines is 1. The normalized spacial score (nSPS) is 21.2. The van der Waals surface area contributed by atoms with Crippen LogP contribution in [0.5, 0.6) is 0 Å². The van der Waals surface area contributed by atoms with Gasteiger partial charge >= 0.3 is 0 Å². The molecular weight excluding hydrogens is 256 g/mol. The maximum absolute atomic E-state index is 3.72. The lowest BCUT2D eigenvalue weighted by molar-refractivity contribution is 0.165. The van der Waals surface area contributed by atoms with E-state index in [1.54, 1.807) is 0 Å². The van der Waals surface area contributed by atoms with E-state index in [1.165, 1.54) is 63.0 Å². The lowest BCUT2D eigenvalue weighted by atomic mass is 9.91. The summed E-state index contributed by atoms with van der Waals surface area (Å²) in [6.07, 6.45) is 6.39. The SMILES string of the molecule is CCCc1ccc(NC(C)C2CCCN(CCC)C2)cc1. The molecule has 2 nitrogen and oxygen atoms in total. The topological polar surface area (TPSA) is 15.3 Å². The third kappa shape index (κ3) is 5.03. The van der Waals surface area contributed by atoms with E-state index >= 15 is 0 Å². The van der Waals surface area contributed by atoms with Crippen LogP contribution in [-0.4, -0.2) is 30.6 Å². The molecule has 1 aliphatic rings. The zero-order valence-corrected chi connectivity index (χ0v) is 14.1. The Balaban J connectivity index is 1.86. The third-order valence-corrected chi connectivity index (χ3v) is 4.68. The van der Waals surface area contributed by atoms with Gasteiger partial charge in [0.05, 0.1) is 0 Å². The van der Waals surface area contributed by atoms with Crippen molar-refractivity contribution in [2.45, 2.75) is 58.9 Å². The maximum Gasteiger partial charge on any atom is 0.0342 e. The fourth-order valence-electron chi connectivity index (χ4n) is 3.46. The van der Waals surface area contributed by atoms with Gasteiger partial charge in [-0.2, -0.15) is 0 Å². The van der Waals surface area contributed by atoms with Gasteiger partial charge in [0.2, 0.25) is 0 Å². The first-order valence-corrected chi connectivity index (χ1v) is 8.80. The van der Waals surface area contributed by atoms with Crippen LogP contribution in [0.25, 0.3) is 0 Å². The van der Waals surface area contributed by atoms with E-state index in [1.807, 2.05) is 0 Å². The van der Waals surface area contributed by atoms with E-state index < -0.39 is 0 Å². The Kier molecular flexibility index (Phi) is 6.56. The van der Waals surface area contributed by atoms with E-state index in [2.05, 4.69) is 55.3 Å². The summed E-state index contributed by atoms with van der Waals surface area (Å²) < 4.78 is 0. The van der Waals surface area contributed by atoms with Crippen molar-refractivity contribution in [3.8, 4) is 0 Å². The molecule has 0 aromatic heterocycles. The first-order chi connectivity index (χ1) is 10.2. The van der Waals surface area contributed by atoms with Crippen LogP contribution in [0.15, 0.2) is 24.3 Å². The second kappa shape index (κ2) is 8.43. The molecule has 1 N–H and O–H groups in total. The molecule has 0 radical (unpaired) electrons. The molecule has 2 atom stereocenters. The van der Waals surface area contributed by atoms with Crippen molar-refractivity contribution in [1.82, 2.24) is 4.90 Å². The fraction of sp³-hybridized carbons (Fsp3) is 0.684. The summed E-state index contributed by atoms with van der Waals surface area (Å²) in [6.45, 7) is 10.7. The van der Waals surface area contributed by atoms with Crippen LogP contribution >= 0.6 is 0 Å². The van der Waals surface area contributed by atoms with Crippen LogP contribution < -0.4 is 5.32 Å². The van der Waals surface area contributed by atoms with Crippen molar-refractivity contribution in [3.63, 3.8) is 0 Å². The zero-order valence-electron chi connectivity index (χ0n) is 14.1. The average Bonchev–Trinajstić information content (AvgIpc) is 2.50. The van der Waals surface area contributed by atoms with Gasteiger partial charge in [-0.1, -0.05) is 32.4 Å². The van der Waals surface area contributed by atoms with Crippen molar-refractivity contribution >= 4 is 5.69 Å². The Morgan fingerprint density at radius 3 is 2.62 bits per heavy atom. The number of piperidine rings is 1. The monoisotopic (exact) mass is 288 g/mol. The molecule has 2 unspecified atom stereocenters. The van der Waals surface area contributed by atoms with E-state index in [-0.39, 0.29) is 0 Å². The van der Waals surface area contributed by atoms with Crippen LogP contribution in [0.2, 0.25) is 0 Å². The summed E-state index contributed by atoms with van der Waals surface area (Å²) in [5, 5.41) is 3.72. The van der Waals surface area contributed by atoms with Gasteiger partial charge in [-0.25, -0.2) is 0 Å². The number of likely N-dealkylation sites (tertiary alicyclic amines) is 1. The van der Waals surface area contributed by atoms with Gasteiger partial charge in [0.25, 0.3) is 0 Å². The predicted octanol–water partition coefficient (Wildman–Crippen LogP) is 4.56. The van der Waals surface area contributed by atoms with Crippen LogP contribution in [0.1, 0.15) is 52.0 Å². The molecule has 118 valence electrons. The van der Waals surface area contributed by atoms with E-state index in [0.29, 0.717) is 6.04 Å². The van der Waals surface area contributed by atoms with Crippen molar-refractivity contribution in [1.29, 1.82) is 0 Å². The molecule has 1 fully saturated rings. The highest BCUT2D eigenvalue weighted by Gasteiger charge is 2.24. The summed E-state index contributed by atoms with van der Waals surface area (Å²) in [4.78, 5) is 2.64. The van der Waals surface area contributed by atoms with E-state index in [4.69, 9.17) is 0 Å². The minimum atomic E-state index is 0.557. The molecule has 1 aliphatic heterocycles. The summed E-state index contributed by atoms with van der Waals surface area (Å²) in [5.74, 6) is 0.778. The molecule has 0 spiro atoms. The van der Waals surface area contributed by atoms with Crippen molar-refractivity contribution in [3.05, 3.63) is 29.8 Å². The Morgan fingerprint density at radius 2 is 1.95 bits per heavy atom. The first kappa shape index (κ1) is 16.4. The highest BCUT2D eigenvalue weighted by Crippen LogP contribution is 2.23. The van der Waals surface area contributed by atoms with E-state index in [9.17, 15) is 0 Å². The smallest absolute Gasteiger partial charge is 0.0342 e. The van der Waals surface area contributed by atoms with Gasteiger partial charge < -0.3 is 10.2 Å². The quantitative estimate of drug-likeness (QED) is 0.791.